The van der Waals surface area contributed by atoms with Gasteiger partial charge in [-0.15, -0.1) is 11.3 Å². The van der Waals surface area contributed by atoms with Gasteiger partial charge in [-0.2, -0.15) is 4.31 Å². The third-order valence-corrected chi connectivity index (χ3v) is 8.50. The molecule has 4 aromatic rings. The van der Waals surface area contributed by atoms with E-state index in [2.05, 4.69) is 4.90 Å². The molecule has 0 saturated carbocycles. The largest absolute Gasteiger partial charge is 0.352 e. The molecule has 0 bridgehead atoms. The summed E-state index contributed by atoms with van der Waals surface area (Å²) < 4.78 is 27.6. The van der Waals surface area contributed by atoms with Gasteiger partial charge in [-0.25, -0.2) is 18.4 Å². The van der Waals surface area contributed by atoms with Gasteiger partial charge in [0.25, 0.3) is 10.0 Å². The van der Waals surface area contributed by atoms with E-state index in [1.807, 2.05) is 54.6 Å². The Morgan fingerprint density at radius 1 is 0.767 bits per heavy atom. The van der Waals surface area contributed by atoms with E-state index in [-0.39, 0.29) is 0 Å². The number of rotatable bonds is 4. The second-order valence-electron chi connectivity index (χ2n) is 7.07. The summed E-state index contributed by atoms with van der Waals surface area (Å²) in [4.78, 5) is 11.9. The third-order valence-electron chi connectivity index (χ3n) is 5.23. The summed E-state index contributed by atoms with van der Waals surface area (Å²) in [6, 6.07) is 21.3. The van der Waals surface area contributed by atoms with Gasteiger partial charge in [-0.1, -0.05) is 48.5 Å². The summed E-state index contributed by atoms with van der Waals surface area (Å²) in [5.74, 6) is 0.799. The lowest BCUT2D eigenvalue weighted by Crippen LogP contribution is -2.49. The van der Waals surface area contributed by atoms with Gasteiger partial charge >= 0.3 is 0 Å². The zero-order chi connectivity index (χ0) is 20.6. The molecule has 0 atom stereocenters. The first-order chi connectivity index (χ1) is 14.6. The molecule has 8 heteroatoms. The molecule has 0 aliphatic carbocycles. The average molecular weight is 437 g/mol. The van der Waals surface area contributed by atoms with Crippen LogP contribution in [0.5, 0.6) is 0 Å². The van der Waals surface area contributed by atoms with Crippen molar-refractivity contribution in [3.63, 3.8) is 0 Å². The Hall–Kier alpha value is -2.81. The van der Waals surface area contributed by atoms with Crippen molar-refractivity contribution in [3.8, 4) is 11.3 Å². The smallest absolute Gasteiger partial charge is 0.252 e. The van der Waals surface area contributed by atoms with E-state index in [4.69, 9.17) is 9.97 Å². The number of hydrogen-bond donors (Lipinski definition) is 0. The SMILES string of the molecule is O=S(=O)(c1cccs1)N1CCN(c2nc3ccccc3nc2-c2ccccc2)CC1. The van der Waals surface area contributed by atoms with Crippen molar-refractivity contribution in [1.82, 2.24) is 14.3 Å². The number of para-hydroxylation sites is 2. The molecule has 6 nitrogen and oxygen atoms in total. The van der Waals surface area contributed by atoms with Crippen LogP contribution in [-0.2, 0) is 10.0 Å². The summed E-state index contributed by atoms with van der Waals surface area (Å²) >= 11 is 1.26. The molecule has 152 valence electrons. The Morgan fingerprint density at radius 3 is 2.10 bits per heavy atom. The van der Waals surface area contributed by atoms with E-state index in [1.165, 1.54) is 11.3 Å². The highest BCUT2D eigenvalue weighted by atomic mass is 32.2. The lowest BCUT2D eigenvalue weighted by molar-refractivity contribution is 0.385. The van der Waals surface area contributed by atoms with E-state index >= 15 is 0 Å². The monoisotopic (exact) mass is 436 g/mol. The van der Waals surface area contributed by atoms with Crippen molar-refractivity contribution in [1.29, 1.82) is 0 Å². The lowest BCUT2D eigenvalue weighted by atomic mass is 10.1. The van der Waals surface area contributed by atoms with Crippen LogP contribution in [0.15, 0.2) is 76.3 Å². The van der Waals surface area contributed by atoms with Crippen LogP contribution >= 0.6 is 11.3 Å². The summed E-state index contributed by atoms with van der Waals surface area (Å²) in [7, 11) is -3.43. The molecule has 0 radical (unpaired) electrons. The first kappa shape index (κ1) is 19.2. The van der Waals surface area contributed by atoms with E-state index in [0.29, 0.717) is 30.4 Å². The lowest BCUT2D eigenvalue weighted by Gasteiger charge is -2.35. The van der Waals surface area contributed by atoms with Crippen molar-refractivity contribution in [2.24, 2.45) is 0 Å². The zero-order valence-corrected chi connectivity index (χ0v) is 17.8. The zero-order valence-electron chi connectivity index (χ0n) is 16.2. The van der Waals surface area contributed by atoms with Crippen LogP contribution in [0.3, 0.4) is 0 Å². The molecule has 2 aromatic heterocycles. The molecule has 0 spiro atoms. The molecule has 5 rings (SSSR count). The Kier molecular flexibility index (Phi) is 4.98. The van der Waals surface area contributed by atoms with Crippen molar-refractivity contribution in [2.75, 3.05) is 31.1 Å². The van der Waals surface area contributed by atoms with Crippen LogP contribution in [0.25, 0.3) is 22.3 Å². The van der Waals surface area contributed by atoms with Crippen LogP contribution in [0.2, 0.25) is 0 Å². The van der Waals surface area contributed by atoms with Crippen molar-refractivity contribution in [3.05, 3.63) is 72.1 Å². The number of nitrogens with zero attached hydrogens (tertiary/aromatic N) is 4. The highest BCUT2D eigenvalue weighted by molar-refractivity contribution is 7.91. The van der Waals surface area contributed by atoms with Crippen molar-refractivity contribution in [2.45, 2.75) is 4.21 Å². The van der Waals surface area contributed by atoms with Gasteiger partial charge in [0.1, 0.15) is 9.90 Å². The van der Waals surface area contributed by atoms with Gasteiger partial charge in [0, 0.05) is 31.7 Å². The number of hydrogen-bond acceptors (Lipinski definition) is 6. The Morgan fingerprint density at radius 2 is 1.43 bits per heavy atom. The molecule has 30 heavy (non-hydrogen) atoms. The maximum absolute atomic E-state index is 12.8. The number of aromatic nitrogens is 2. The van der Waals surface area contributed by atoms with Gasteiger partial charge in [-0.3, -0.25) is 0 Å². The van der Waals surface area contributed by atoms with Gasteiger partial charge in [-0.05, 0) is 23.6 Å². The second kappa shape index (κ2) is 7.79. The van der Waals surface area contributed by atoms with Crippen LogP contribution in [0, 0.1) is 0 Å². The normalized spacial score (nSPS) is 15.5. The molecule has 2 aromatic carbocycles. The number of sulfonamides is 1. The highest BCUT2D eigenvalue weighted by Gasteiger charge is 2.30. The summed E-state index contributed by atoms with van der Waals surface area (Å²) in [5.41, 5.74) is 3.50. The predicted octanol–water partition coefficient (Wildman–Crippen LogP) is 3.87. The number of anilines is 1. The van der Waals surface area contributed by atoms with E-state index < -0.39 is 10.0 Å². The highest BCUT2D eigenvalue weighted by Crippen LogP contribution is 2.31. The fourth-order valence-corrected chi connectivity index (χ4v) is 6.25. The molecule has 0 N–H and O–H groups in total. The molecule has 3 heterocycles. The van der Waals surface area contributed by atoms with Gasteiger partial charge in [0.15, 0.2) is 5.82 Å². The minimum Gasteiger partial charge on any atom is -0.352 e. The van der Waals surface area contributed by atoms with Gasteiger partial charge in [0.05, 0.1) is 11.0 Å². The summed E-state index contributed by atoms with van der Waals surface area (Å²) in [6.07, 6.45) is 0. The third kappa shape index (κ3) is 3.47. The molecule has 1 saturated heterocycles. The fraction of sp³-hybridized carbons (Fsp3) is 0.182. The maximum atomic E-state index is 12.8. The number of piperazine rings is 1. The Bertz CT molecular complexity index is 1270. The van der Waals surface area contributed by atoms with E-state index in [1.54, 1.807) is 21.8 Å². The van der Waals surface area contributed by atoms with Crippen LogP contribution in [-0.4, -0.2) is 48.9 Å². The van der Waals surface area contributed by atoms with Gasteiger partial charge in [0.2, 0.25) is 0 Å². The molecule has 1 aliphatic rings. The summed E-state index contributed by atoms with van der Waals surface area (Å²) in [6.45, 7) is 1.97. The molecular formula is C22H20N4O2S2. The van der Waals surface area contributed by atoms with E-state index in [9.17, 15) is 8.42 Å². The first-order valence-electron chi connectivity index (χ1n) is 9.74. The Balaban J connectivity index is 1.48. The maximum Gasteiger partial charge on any atom is 0.252 e. The van der Waals surface area contributed by atoms with Crippen LogP contribution < -0.4 is 4.90 Å². The number of fused-ring (bicyclic) bond motifs is 1. The molecule has 0 amide bonds. The Labute approximate surface area is 179 Å². The minimum absolute atomic E-state index is 0.395. The molecule has 1 aliphatic heterocycles. The standard InChI is InChI=1S/C22H20N4O2S2/c27-30(28,20-11-6-16-29-20)26-14-12-25(13-15-26)22-21(17-7-2-1-3-8-17)23-18-9-4-5-10-19(18)24-22/h1-11,16H,12-15H2. The summed E-state index contributed by atoms with van der Waals surface area (Å²) in [5, 5.41) is 1.79. The fourth-order valence-electron chi connectivity index (χ4n) is 3.68. The first-order valence-corrected chi connectivity index (χ1v) is 12.1. The van der Waals surface area contributed by atoms with Crippen LogP contribution in [0.4, 0.5) is 5.82 Å². The number of thiophene rings is 1. The molecule has 1 fully saturated rings. The quantitative estimate of drug-likeness (QED) is 0.486. The topological polar surface area (TPSA) is 66.4 Å². The van der Waals surface area contributed by atoms with Gasteiger partial charge < -0.3 is 4.90 Å². The minimum atomic E-state index is -3.43. The predicted molar refractivity (Wildman–Crippen MR) is 120 cm³/mol. The van der Waals surface area contributed by atoms with E-state index in [0.717, 1.165) is 28.1 Å². The number of benzene rings is 2. The van der Waals surface area contributed by atoms with Crippen molar-refractivity contribution >= 4 is 38.2 Å². The molecular weight excluding hydrogens is 416 g/mol. The molecule has 0 unspecified atom stereocenters. The van der Waals surface area contributed by atoms with Crippen LogP contribution in [0.1, 0.15) is 0 Å². The van der Waals surface area contributed by atoms with Crippen molar-refractivity contribution < 1.29 is 8.42 Å². The average Bonchev–Trinajstić information content (AvgIpc) is 3.35. The second-order valence-corrected chi connectivity index (χ2v) is 10.2.